The van der Waals surface area contributed by atoms with Gasteiger partial charge >= 0.3 is 0 Å². The number of rotatable bonds is 5. The van der Waals surface area contributed by atoms with Gasteiger partial charge in [-0.05, 0) is 60.6 Å². The molecule has 1 aromatic heterocycles. The van der Waals surface area contributed by atoms with Crippen LogP contribution in [0.2, 0.25) is 0 Å². The quantitative estimate of drug-likeness (QED) is 0.182. The Morgan fingerprint density at radius 1 is 0.271 bits per heavy atom. The van der Waals surface area contributed by atoms with E-state index in [0.717, 1.165) is 22.3 Å². The van der Waals surface area contributed by atoms with Crippen LogP contribution in [-0.2, 0) is 0 Å². The molecule has 1 heterocycles. The summed E-state index contributed by atoms with van der Waals surface area (Å²) in [5, 5.41) is 7.44. The van der Waals surface area contributed by atoms with Gasteiger partial charge in [0, 0.05) is 16.7 Å². The number of hydrogen-bond acceptors (Lipinski definition) is 3. The Balaban J connectivity index is 1.23. The van der Waals surface area contributed by atoms with E-state index >= 15 is 0 Å². The molecule has 3 heteroatoms. The van der Waals surface area contributed by atoms with E-state index in [0.29, 0.717) is 17.5 Å². The van der Waals surface area contributed by atoms with E-state index < -0.39 is 0 Å². The van der Waals surface area contributed by atoms with E-state index in [1.807, 2.05) is 60.7 Å². The molecule has 0 N–H and O–H groups in total. The average molecular weight is 612 g/mol. The normalized spacial score (nSPS) is 11.3. The predicted molar refractivity (Wildman–Crippen MR) is 200 cm³/mol. The SMILES string of the molecule is c1ccc(-c2nc(-c3ccccc3)nc(-c3ccc(-c4c(-c5cc6ccccc6c6ccccc56)ccc5ccccc45)cc3)n2)cc1. The van der Waals surface area contributed by atoms with Gasteiger partial charge in [0.05, 0.1) is 0 Å². The fourth-order valence-corrected chi connectivity index (χ4v) is 6.81. The maximum absolute atomic E-state index is 4.96. The highest BCUT2D eigenvalue weighted by molar-refractivity contribution is 6.16. The van der Waals surface area contributed by atoms with E-state index in [4.69, 9.17) is 15.0 Å². The van der Waals surface area contributed by atoms with Crippen LogP contribution in [0.4, 0.5) is 0 Å². The van der Waals surface area contributed by atoms with E-state index in [-0.39, 0.29) is 0 Å². The standard InChI is InChI=1S/C45H29N3/c1-3-14-32(15-4-1)43-46-44(33-16-5-2-6-17-33)48-45(47-43)34-25-23-31(24-26-34)42-37-20-10-7-13-30(37)27-28-40(42)41-29-35-18-8-9-19-36(35)38-21-11-12-22-39(38)41/h1-29H. The molecule has 0 saturated heterocycles. The van der Waals surface area contributed by atoms with Crippen molar-refractivity contribution in [3.8, 4) is 56.4 Å². The molecule has 8 aromatic carbocycles. The summed E-state index contributed by atoms with van der Waals surface area (Å²) in [4.78, 5) is 14.8. The molecule has 0 saturated carbocycles. The fourth-order valence-electron chi connectivity index (χ4n) is 6.81. The zero-order valence-electron chi connectivity index (χ0n) is 26.1. The highest BCUT2D eigenvalue weighted by Gasteiger charge is 2.17. The molecule has 9 rings (SSSR count). The molecular weight excluding hydrogens is 583 g/mol. The van der Waals surface area contributed by atoms with Crippen LogP contribution in [0.3, 0.4) is 0 Å². The molecule has 0 aliphatic heterocycles. The Kier molecular flexibility index (Phi) is 6.80. The third-order valence-electron chi connectivity index (χ3n) is 9.12. The molecule has 0 aliphatic carbocycles. The predicted octanol–water partition coefficient (Wildman–Crippen LogP) is 11.7. The fraction of sp³-hybridized carbons (Fsp3) is 0. The van der Waals surface area contributed by atoms with Gasteiger partial charge in [0.15, 0.2) is 17.5 Å². The van der Waals surface area contributed by atoms with Gasteiger partial charge in [-0.2, -0.15) is 0 Å². The van der Waals surface area contributed by atoms with Crippen molar-refractivity contribution in [3.05, 3.63) is 176 Å². The lowest BCUT2D eigenvalue weighted by Gasteiger charge is -2.17. The lowest BCUT2D eigenvalue weighted by molar-refractivity contribution is 1.07. The van der Waals surface area contributed by atoms with E-state index in [9.17, 15) is 0 Å². The van der Waals surface area contributed by atoms with Crippen molar-refractivity contribution in [1.29, 1.82) is 0 Å². The molecule has 9 aromatic rings. The minimum Gasteiger partial charge on any atom is -0.208 e. The van der Waals surface area contributed by atoms with E-state index in [2.05, 4.69) is 115 Å². The molecule has 0 spiro atoms. The van der Waals surface area contributed by atoms with Gasteiger partial charge in [0.25, 0.3) is 0 Å². The van der Waals surface area contributed by atoms with Gasteiger partial charge in [0.1, 0.15) is 0 Å². The molecular formula is C45H29N3. The van der Waals surface area contributed by atoms with Crippen LogP contribution in [0.25, 0.3) is 88.7 Å². The largest absolute Gasteiger partial charge is 0.208 e. The van der Waals surface area contributed by atoms with E-state index in [1.54, 1.807) is 0 Å². The van der Waals surface area contributed by atoms with Crippen LogP contribution >= 0.6 is 0 Å². The lowest BCUT2D eigenvalue weighted by atomic mass is 9.86. The summed E-state index contributed by atoms with van der Waals surface area (Å²) in [6, 6.07) is 61.8. The highest BCUT2D eigenvalue weighted by Crippen LogP contribution is 2.43. The highest BCUT2D eigenvalue weighted by atomic mass is 15.0. The molecule has 0 bridgehead atoms. The molecule has 0 radical (unpaired) electrons. The number of benzene rings is 8. The molecule has 0 unspecified atom stereocenters. The number of fused-ring (bicyclic) bond motifs is 4. The minimum absolute atomic E-state index is 0.646. The van der Waals surface area contributed by atoms with Crippen molar-refractivity contribution < 1.29 is 0 Å². The second-order valence-corrected chi connectivity index (χ2v) is 12.0. The molecule has 0 fully saturated rings. The van der Waals surface area contributed by atoms with Gasteiger partial charge in [-0.25, -0.2) is 15.0 Å². The second kappa shape index (κ2) is 11.7. The van der Waals surface area contributed by atoms with Gasteiger partial charge < -0.3 is 0 Å². The first-order valence-electron chi connectivity index (χ1n) is 16.2. The molecule has 0 aliphatic rings. The zero-order chi connectivity index (χ0) is 31.9. The third kappa shape index (κ3) is 4.90. The summed E-state index contributed by atoms with van der Waals surface area (Å²) in [6.45, 7) is 0. The smallest absolute Gasteiger partial charge is 0.164 e. The van der Waals surface area contributed by atoms with Crippen LogP contribution in [0.15, 0.2) is 176 Å². The Morgan fingerprint density at radius 3 is 1.35 bits per heavy atom. The summed E-state index contributed by atoms with van der Waals surface area (Å²) >= 11 is 0. The van der Waals surface area contributed by atoms with Gasteiger partial charge in [0.2, 0.25) is 0 Å². The summed E-state index contributed by atoms with van der Waals surface area (Å²) in [6.07, 6.45) is 0. The maximum atomic E-state index is 4.96. The van der Waals surface area contributed by atoms with Crippen LogP contribution in [0.5, 0.6) is 0 Å². The topological polar surface area (TPSA) is 38.7 Å². The first-order chi connectivity index (χ1) is 23.8. The number of nitrogens with zero attached hydrogens (tertiary/aromatic N) is 3. The van der Waals surface area contributed by atoms with Crippen molar-refractivity contribution in [2.75, 3.05) is 0 Å². The Morgan fingerprint density at radius 2 is 0.729 bits per heavy atom. The molecule has 3 nitrogen and oxygen atoms in total. The molecule has 48 heavy (non-hydrogen) atoms. The van der Waals surface area contributed by atoms with Crippen LogP contribution < -0.4 is 0 Å². The third-order valence-corrected chi connectivity index (χ3v) is 9.12. The Bertz CT molecular complexity index is 2540. The van der Waals surface area contributed by atoms with Crippen molar-refractivity contribution >= 4 is 32.3 Å². The van der Waals surface area contributed by atoms with Crippen molar-refractivity contribution in [3.63, 3.8) is 0 Å². The summed E-state index contributed by atoms with van der Waals surface area (Å²) in [5.74, 6) is 1.96. The lowest BCUT2D eigenvalue weighted by Crippen LogP contribution is -2.00. The maximum Gasteiger partial charge on any atom is 0.164 e. The van der Waals surface area contributed by atoms with Gasteiger partial charge in [-0.15, -0.1) is 0 Å². The minimum atomic E-state index is 0.646. The van der Waals surface area contributed by atoms with Crippen molar-refractivity contribution in [2.45, 2.75) is 0 Å². The Hall–Kier alpha value is -6.45. The van der Waals surface area contributed by atoms with Crippen LogP contribution in [-0.4, -0.2) is 15.0 Å². The van der Waals surface area contributed by atoms with Gasteiger partial charge in [-0.1, -0.05) is 170 Å². The number of hydrogen-bond donors (Lipinski definition) is 0. The van der Waals surface area contributed by atoms with Crippen LogP contribution in [0, 0.1) is 0 Å². The first-order valence-corrected chi connectivity index (χ1v) is 16.2. The van der Waals surface area contributed by atoms with Crippen molar-refractivity contribution in [2.24, 2.45) is 0 Å². The zero-order valence-corrected chi connectivity index (χ0v) is 26.1. The summed E-state index contributed by atoms with van der Waals surface area (Å²) in [5.41, 5.74) is 7.64. The van der Waals surface area contributed by atoms with E-state index in [1.165, 1.54) is 49.0 Å². The Labute approximate surface area is 278 Å². The monoisotopic (exact) mass is 611 g/mol. The second-order valence-electron chi connectivity index (χ2n) is 12.0. The van der Waals surface area contributed by atoms with Crippen molar-refractivity contribution in [1.82, 2.24) is 15.0 Å². The van der Waals surface area contributed by atoms with Crippen LogP contribution in [0.1, 0.15) is 0 Å². The average Bonchev–Trinajstić information content (AvgIpc) is 3.18. The van der Waals surface area contributed by atoms with Gasteiger partial charge in [-0.3, -0.25) is 0 Å². The molecule has 0 amide bonds. The first kappa shape index (κ1) is 27.8. The molecule has 0 atom stereocenters. The summed E-state index contributed by atoms with van der Waals surface area (Å²) < 4.78 is 0. The molecule has 224 valence electrons. The summed E-state index contributed by atoms with van der Waals surface area (Å²) in [7, 11) is 0. The number of aromatic nitrogens is 3.